The molecular weight excluding hydrogens is 298 g/mol. The van der Waals surface area contributed by atoms with Gasteiger partial charge in [-0.3, -0.25) is 4.79 Å². The van der Waals surface area contributed by atoms with Crippen LogP contribution in [0.15, 0.2) is 0 Å². The van der Waals surface area contributed by atoms with Gasteiger partial charge in [0.1, 0.15) is 5.54 Å². The lowest BCUT2D eigenvalue weighted by molar-refractivity contribution is -0.222. The highest BCUT2D eigenvalue weighted by Crippen LogP contribution is 2.57. The Bertz CT molecular complexity index is 598. The molecule has 0 spiro atoms. The second-order valence-electron chi connectivity index (χ2n) is 6.96. The molecule has 3 rings (SSSR count). The van der Waals surface area contributed by atoms with Crippen LogP contribution in [0.1, 0.15) is 44.2 Å². The molecule has 0 bridgehead atoms. The molecule has 3 N–H and O–H groups in total. The topological polar surface area (TPSA) is 77.2 Å². The Morgan fingerprint density at radius 1 is 1.55 bits per heavy atom. The van der Waals surface area contributed by atoms with E-state index in [1.54, 1.807) is 0 Å². The van der Waals surface area contributed by atoms with E-state index in [0.717, 1.165) is 36.4 Å². The van der Waals surface area contributed by atoms with Crippen molar-refractivity contribution in [2.75, 3.05) is 11.9 Å². The third-order valence-electron chi connectivity index (χ3n) is 5.51. The van der Waals surface area contributed by atoms with Crippen LogP contribution in [0.25, 0.3) is 0 Å². The minimum atomic E-state index is -0.885. The molecule has 0 radical (unpaired) electrons. The highest BCUT2D eigenvalue weighted by molar-refractivity contribution is 7.15. The minimum absolute atomic E-state index is 0.0845. The first-order valence-corrected chi connectivity index (χ1v) is 8.82. The fourth-order valence-electron chi connectivity index (χ4n) is 4.05. The van der Waals surface area contributed by atoms with Crippen LogP contribution in [0.2, 0.25) is 0 Å². The summed E-state index contributed by atoms with van der Waals surface area (Å²) < 4.78 is 5.86. The van der Waals surface area contributed by atoms with Crippen molar-refractivity contribution in [3.05, 3.63) is 10.6 Å². The summed E-state index contributed by atoms with van der Waals surface area (Å²) in [5, 5.41) is 3.61. The summed E-state index contributed by atoms with van der Waals surface area (Å²) in [6, 6.07) is 0. The molecule has 22 heavy (non-hydrogen) atoms. The van der Waals surface area contributed by atoms with Gasteiger partial charge in [-0.2, -0.15) is 0 Å². The van der Waals surface area contributed by atoms with E-state index in [-0.39, 0.29) is 23.3 Å². The number of carbonyl (C=O) groups is 1. The lowest BCUT2D eigenvalue weighted by Gasteiger charge is -2.64. The number of hydrogen-bond donors (Lipinski definition) is 2. The normalized spacial score (nSPS) is 33.0. The van der Waals surface area contributed by atoms with E-state index in [4.69, 9.17) is 10.5 Å². The van der Waals surface area contributed by atoms with Gasteiger partial charge in [0.15, 0.2) is 5.13 Å². The number of fused-ring (bicyclic) bond motifs is 1. The third kappa shape index (κ3) is 2.04. The fraction of sp³-hybridized carbons (Fsp3) is 0.750. The molecule has 1 saturated carbocycles. The maximum Gasteiger partial charge on any atom is 0.247 e. The molecule has 2 heterocycles. The summed E-state index contributed by atoms with van der Waals surface area (Å²) in [5.74, 6) is -0.0244. The SMILES string of the molecule is CCc1nc(NC(=O)C2(N)C3CCCOC3C2(C)C)sc1C. The van der Waals surface area contributed by atoms with Gasteiger partial charge in [0.25, 0.3) is 0 Å². The van der Waals surface area contributed by atoms with Crippen molar-refractivity contribution in [2.45, 2.75) is 58.6 Å². The standard InChI is InChI=1S/C16H25N3O2S/c1-5-11-9(2)22-14(18-11)19-13(20)16(17)10-7-6-8-21-12(10)15(16,3)4/h10,12H,5-8,17H2,1-4H3,(H,18,19,20). The zero-order valence-corrected chi connectivity index (χ0v) is 14.5. The van der Waals surface area contributed by atoms with Crippen molar-refractivity contribution in [3.63, 3.8) is 0 Å². The largest absolute Gasteiger partial charge is 0.377 e. The van der Waals surface area contributed by atoms with E-state index in [0.29, 0.717) is 5.13 Å². The summed E-state index contributed by atoms with van der Waals surface area (Å²) in [6.07, 6.45) is 2.88. The molecule has 122 valence electrons. The number of aromatic nitrogens is 1. The van der Waals surface area contributed by atoms with E-state index in [1.807, 2.05) is 20.8 Å². The third-order valence-corrected chi connectivity index (χ3v) is 6.44. The second kappa shape index (κ2) is 5.28. The molecule has 1 amide bonds. The van der Waals surface area contributed by atoms with Gasteiger partial charge in [-0.1, -0.05) is 20.8 Å². The predicted molar refractivity (Wildman–Crippen MR) is 88.0 cm³/mol. The summed E-state index contributed by atoms with van der Waals surface area (Å²) in [5.41, 5.74) is 6.38. The molecule has 1 aliphatic heterocycles. The quantitative estimate of drug-likeness (QED) is 0.896. The smallest absolute Gasteiger partial charge is 0.247 e. The first-order chi connectivity index (χ1) is 10.3. The number of anilines is 1. The molecule has 2 aliphatic rings. The number of rotatable bonds is 3. The van der Waals surface area contributed by atoms with Gasteiger partial charge in [-0.25, -0.2) is 4.98 Å². The van der Waals surface area contributed by atoms with Crippen LogP contribution in [-0.4, -0.2) is 29.1 Å². The number of aryl methyl sites for hydroxylation is 2. The summed E-state index contributed by atoms with van der Waals surface area (Å²) in [7, 11) is 0. The lowest BCUT2D eigenvalue weighted by Crippen LogP contribution is -2.81. The fourth-order valence-corrected chi connectivity index (χ4v) is 4.94. The van der Waals surface area contributed by atoms with Crippen molar-refractivity contribution < 1.29 is 9.53 Å². The average Bonchev–Trinajstić information content (AvgIpc) is 2.85. The molecule has 1 aliphatic carbocycles. The monoisotopic (exact) mass is 323 g/mol. The first kappa shape index (κ1) is 15.9. The summed E-state index contributed by atoms with van der Waals surface area (Å²) in [6.45, 7) is 8.93. The Morgan fingerprint density at radius 2 is 2.27 bits per heavy atom. The van der Waals surface area contributed by atoms with Crippen LogP contribution in [0.3, 0.4) is 0 Å². The van der Waals surface area contributed by atoms with E-state index in [1.165, 1.54) is 11.3 Å². The van der Waals surface area contributed by atoms with E-state index in [2.05, 4.69) is 17.2 Å². The van der Waals surface area contributed by atoms with Gasteiger partial charge >= 0.3 is 0 Å². The lowest BCUT2D eigenvalue weighted by atomic mass is 9.46. The number of ether oxygens (including phenoxy) is 1. The first-order valence-electron chi connectivity index (χ1n) is 8.00. The van der Waals surface area contributed by atoms with Crippen molar-refractivity contribution in [1.82, 2.24) is 4.98 Å². The Labute approximate surface area is 135 Å². The zero-order chi connectivity index (χ0) is 16.1. The number of hydrogen-bond acceptors (Lipinski definition) is 5. The van der Waals surface area contributed by atoms with Crippen LogP contribution in [0.4, 0.5) is 5.13 Å². The average molecular weight is 323 g/mol. The van der Waals surface area contributed by atoms with Crippen molar-refractivity contribution >= 4 is 22.4 Å². The molecule has 1 aromatic heterocycles. The predicted octanol–water partition coefficient (Wildman–Crippen LogP) is 2.48. The minimum Gasteiger partial charge on any atom is -0.377 e. The zero-order valence-electron chi connectivity index (χ0n) is 13.7. The number of thiazole rings is 1. The number of nitrogens with two attached hydrogens (primary N) is 1. The van der Waals surface area contributed by atoms with Crippen molar-refractivity contribution in [3.8, 4) is 0 Å². The molecular formula is C16H25N3O2S. The molecule has 3 unspecified atom stereocenters. The van der Waals surface area contributed by atoms with Crippen LogP contribution in [0.5, 0.6) is 0 Å². The maximum atomic E-state index is 12.9. The van der Waals surface area contributed by atoms with Gasteiger partial charge in [0.05, 0.1) is 11.8 Å². The molecule has 0 aromatic carbocycles. The second-order valence-corrected chi connectivity index (χ2v) is 8.16. The molecule has 1 aromatic rings. The molecule has 6 heteroatoms. The van der Waals surface area contributed by atoms with Gasteiger partial charge in [-0.15, -0.1) is 11.3 Å². The molecule has 1 saturated heterocycles. The highest BCUT2D eigenvalue weighted by Gasteiger charge is 2.70. The van der Waals surface area contributed by atoms with E-state index >= 15 is 0 Å². The Morgan fingerprint density at radius 3 is 2.91 bits per heavy atom. The van der Waals surface area contributed by atoms with E-state index < -0.39 is 5.54 Å². The maximum absolute atomic E-state index is 12.9. The van der Waals surface area contributed by atoms with Crippen LogP contribution < -0.4 is 11.1 Å². The Kier molecular flexibility index (Phi) is 3.82. The van der Waals surface area contributed by atoms with Gasteiger partial charge in [0, 0.05) is 22.8 Å². The Balaban J connectivity index is 1.81. The van der Waals surface area contributed by atoms with Gasteiger partial charge in [0.2, 0.25) is 5.91 Å². The number of carbonyl (C=O) groups excluding carboxylic acids is 1. The van der Waals surface area contributed by atoms with E-state index in [9.17, 15) is 4.79 Å². The number of nitrogens with one attached hydrogen (secondary N) is 1. The highest BCUT2D eigenvalue weighted by atomic mass is 32.1. The molecule has 3 atom stereocenters. The van der Waals surface area contributed by atoms with Gasteiger partial charge in [-0.05, 0) is 26.2 Å². The summed E-state index contributed by atoms with van der Waals surface area (Å²) >= 11 is 1.52. The van der Waals surface area contributed by atoms with Crippen LogP contribution in [-0.2, 0) is 16.0 Å². The van der Waals surface area contributed by atoms with Crippen molar-refractivity contribution in [2.24, 2.45) is 17.1 Å². The van der Waals surface area contributed by atoms with Crippen LogP contribution in [0, 0.1) is 18.3 Å². The van der Waals surface area contributed by atoms with Crippen molar-refractivity contribution in [1.29, 1.82) is 0 Å². The molecule has 5 nitrogen and oxygen atoms in total. The summed E-state index contributed by atoms with van der Waals surface area (Å²) in [4.78, 5) is 18.5. The van der Waals surface area contributed by atoms with Crippen LogP contribution >= 0.6 is 11.3 Å². The molecule has 2 fully saturated rings. The van der Waals surface area contributed by atoms with Gasteiger partial charge < -0.3 is 15.8 Å². The number of amides is 1. The number of nitrogens with zero attached hydrogens (tertiary/aromatic N) is 1. The Hall–Kier alpha value is -0.980.